The fourth-order valence-corrected chi connectivity index (χ4v) is 1.75. The van der Waals surface area contributed by atoms with Crippen molar-refractivity contribution in [1.29, 1.82) is 0 Å². The van der Waals surface area contributed by atoms with Crippen LogP contribution < -0.4 is 5.73 Å². The highest BCUT2D eigenvalue weighted by atomic mass is 16.5. The fraction of sp³-hybridized carbons (Fsp3) is 0.625. The highest BCUT2D eigenvalue weighted by Gasteiger charge is 2.24. The van der Waals surface area contributed by atoms with E-state index in [0.29, 0.717) is 11.8 Å². The van der Waals surface area contributed by atoms with Crippen LogP contribution in [0.2, 0.25) is 0 Å². The third kappa shape index (κ3) is 1.18. The Morgan fingerprint density at radius 1 is 1.75 bits per heavy atom. The molecule has 1 aliphatic heterocycles. The molecule has 0 aromatic carbocycles. The summed E-state index contributed by atoms with van der Waals surface area (Å²) in [5, 5.41) is 3.67. The molecule has 0 bridgehead atoms. The Balaban J connectivity index is 2.16. The molecule has 1 aliphatic rings. The Labute approximate surface area is 71.3 Å². The van der Waals surface area contributed by atoms with Crippen molar-refractivity contribution in [3.63, 3.8) is 0 Å². The summed E-state index contributed by atoms with van der Waals surface area (Å²) in [5.41, 5.74) is 6.69. The molecule has 2 rings (SSSR count). The van der Waals surface area contributed by atoms with E-state index >= 15 is 0 Å². The predicted octanol–water partition coefficient (Wildman–Crippen LogP) is 0.676. The maximum absolute atomic E-state index is 5.62. The molecule has 1 saturated heterocycles. The summed E-state index contributed by atoms with van der Waals surface area (Å²) in [6, 6.07) is 0. The second-order valence-electron chi connectivity index (χ2n) is 3.39. The summed E-state index contributed by atoms with van der Waals surface area (Å²) in [4.78, 5) is 2.29. The van der Waals surface area contributed by atoms with Gasteiger partial charge in [0.15, 0.2) is 0 Å². The molecule has 1 atom stereocenters. The van der Waals surface area contributed by atoms with Gasteiger partial charge in [0.1, 0.15) is 0 Å². The summed E-state index contributed by atoms with van der Waals surface area (Å²) < 4.78 is 4.82. The Morgan fingerprint density at radius 2 is 2.58 bits per heavy atom. The van der Waals surface area contributed by atoms with E-state index in [1.54, 1.807) is 6.20 Å². The van der Waals surface area contributed by atoms with Crippen LogP contribution in [0, 0.1) is 0 Å². The molecule has 4 heteroatoms. The quantitative estimate of drug-likeness (QED) is 0.668. The maximum Gasteiger partial charge on any atom is 0.225 e. The highest BCUT2D eigenvalue weighted by Crippen LogP contribution is 2.29. The van der Waals surface area contributed by atoms with Gasteiger partial charge in [-0.05, 0) is 20.0 Å². The second-order valence-corrected chi connectivity index (χ2v) is 3.39. The van der Waals surface area contributed by atoms with E-state index in [1.165, 1.54) is 0 Å². The molecule has 1 aromatic heterocycles. The number of rotatable bonds is 1. The number of likely N-dealkylation sites (N-methyl/N-ethyl adjacent to an activating group) is 1. The minimum Gasteiger partial charge on any atom is -0.367 e. The van der Waals surface area contributed by atoms with Crippen LogP contribution >= 0.6 is 0 Å². The molecule has 1 fully saturated rings. The summed E-state index contributed by atoms with van der Waals surface area (Å²) in [7, 11) is 2.11. The molecule has 2 N–H and O–H groups in total. The average molecular weight is 167 g/mol. The number of hydrogen-bond donors (Lipinski definition) is 1. The standard InChI is InChI=1S/C8H13N3O/c1-11-3-2-6(5-11)7-4-10-12-8(7)9/h4,6H,2-3,5,9H2,1H3. The first-order valence-electron chi connectivity index (χ1n) is 4.16. The van der Waals surface area contributed by atoms with Crippen LogP contribution in [0.5, 0.6) is 0 Å². The van der Waals surface area contributed by atoms with Crippen LogP contribution in [0.1, 0.15) is 17.9 Å². The summed E-state index contributed by atoms with van der Waals surface area (Å²) >= 11 is 0. The van der Waals surface area contributed by atoms with Crippen LogP contribution in [0.25, 0.3) is 0 Å². The Morgan fingerprint density at radius 3 is 3.08 bits per heavy atom. The molecule has 0 radical (unpaired) electrons. The van der Waals surface area contributed by atoms with Crippen molar-refractivity contribution in [3.8, 4) is 0 Å². The number of hydrogen-bond acceptors (Lipinski definition) is 4. The van der Waals surface area contributed by atoms with Crippen LogP contribution in [-0.4, -0.2) is 30.2 Å². The number of aromatic nitrogens is 1. The largest absolute Gasteiger partial charge is 0.367 e. The maximum atomic E-state index is 5.62. The summed E-state index contributed by atoms with van der Waals surface area (Å²) in [6.07, 6.45) is 2.89. The van der Waals surface area contributed by atoms with Gasteiger partial charge in [0, 0.05) is 18.0 Å². The van der Waals surface area contributed by atoms with Gasteiger partial charge in [-0.15, -0.1) is 0 Å². The summed E-state index contributed by atoms with van der Waals surface area (Å²) in [6.45, 7) is 2.20. The van der Waals surface area contributed by atoms with Crippen LogP contribution in [-0.2, 0) is 0 Å². The minimum absolute atomic E-state index is 0.482. The van der Waals surface area contributed by atoms with E-state index in [2.05, 4.69) is 17.1 Å². The average Bonchev–Trinajstić information content (AvgIpc) is 2.58. The third-order valence-electron chi connectivity index (χ3n) is 2.46. The minimum atomic E-state index is 0.482. The molecular formula is C8H13N3O. The van der Waals surface area contributed by atoms with Crippen LogP contribution in [0.4, 0.5) is 5.88 Å². The van der Waals surface area contributed by atoms with Gasteiger partial charge >= 0.3 is 0 Å². The third-order valence-corrected chi connectivity index (χ3v) is 2.46. The van der Waals surface area contributed by atoms with Gasteiger partial charge in [-0.3, -0.25) is 0 Å². The Hall–Kier alpha value is -1.03. The molecule has 0 spiro atoms. The monoisotopic (exact) mass is 167 g/mol. The van der Waals surface area contributed by atoms with Crippen LogP contribution in [0.15, 0.2) is 10.7 Å². The van der Waals surface area contributed by atoms with E-state index in [-0.39, 0.29) is 0 Å². The lowest BCUT2D eigenvalue weighted by molar-refractivity contribution is 0.411. The first-order valence-corrected chi connectivity index (χ1v) is 4.16. The van der Waals surface area contributed by atoms with Crippen molar-refractivity contribution in [2.45, 2.75) is 12.3 Å². The molecule has 0 saturated carbocycles. The highest BCUT2D eigenvalue weighted by molar-refractivity contribution is 5.37. The van der Waals surface area contributed by atoms with Gasteiger partial charge in [-0.1, -0.05) is 5.16 Å². The van der Waals surface area contributed by atoms with Gasteiger partial charge in [0.25, 0.3) is 0 Å². The fourth-order valence-electron chi connectivity index (χ4n) is 1.75. The second kappa shape index (κ2) is 2.79. The molecule has 1 aromatic rings. The van der Waals surface area contributed by atoms with Gasteiger partial charge in [0.05, 0.1) is 6.20 Å². The first-order chi connectivity index (χ1) is 5.77. The van der Waals surface area contributed by atoms with Gasteiger partial charge in [-0.25, -0.2) is 0 Å². The van der Waals surface area contributed by atoms with Crippen molar-refractivity contribution in [1.82, 2.24) is 10.1 Å². The normalized spacial score (nSPS) is 24.9. The van der Waals surface area contributed by atoms with Gasteiger partial charge in [-0.2, -0.15) is 0 Å². The summed E-state index contributed by atoms with van der Waals surface area (Å²) in [5.74, 6) is 0.997. The van der Waals surface area contributed by atoms with Crippen molar-refractivity contribution in [2.75, 3.05) is 25.9 Å². The van der Waals surface area contributed by atoms with Crippen LogP contribution in [0.3, 0.4) is 0 Å². The van der Waals surface area contributed by atoms with Crippen molar-refractivity contribution in [2.24, 2.45) is 0 Å². The lowest BCUT2D eigenvalue weighted by Crippen LogP contribution is -2.13. The Bertz CT molecular complexity index is 271. The van der Waals surface area contributed by atoms with E-state index in [1.807, 2.05) is 0 Å². The first kappa shape index (κ1) is 7.61. The number of nitrogens with zero attached hydrogens (tertiary/aromatic N) is 2. The molecule has 0 amide bonds. The molecule has 1 unspecified atom stereocenters. The van der Waals surface area contributed by atoms with Gasteiger partial charge in [0.2, 0.25) is 5.88 Å². The predicted molar refractivity (Wildman–Crippen MR) is 45.8 cm³/mol. The van der Waals surface area contributed by atoms with Crippen molar-refractivity contribution >= 4 is 5.88 Å². The van der Waals surface area contributed by atoms with Crippen molar-refractivity contribution in [3.05, 3.63) is 11.8 Å². The van der Waals surface area contributed by atoms with E-state index in [4.69, 9.17) is 10.3 Å². The molecule has 4 nitrogen and oxygen atoms in total. The Kier molecular flexibility index (Phi) is 1.77. The topological polar surface area (TPSA) is 55.3 Å². The molecular weight excluding hydrogens is 154 g/mol. The number of anilines is 1. The zero-order chi connectivity index (χ0) is 8.55. The molecule has 2 heterocycles. The van der Waals surface area contributed by atoms with E-state index in [9.17, 15) is 0 Å². The lowest BCUT2D eigenvalue weighted by Gasteiger charge is -2.07. The molecule has 0 aliphatic carbocycles. The van der Waals surface area contributed by atoms with E-state index < -0.39 is 0 Å². The van der Waals surface area contributed by atoms with Gasteiger partial charge < -0.3 is 15.2 Å². The zero-order valence-electron chi connectivity index (χ0n) is 7.16. The van der Waals surface area contributed by atoms with E-state index in [0.717, 1.165) is 25.1 Å². The zero-order valence-corrected chi connectivity index (χ0v) is 7.16. The number of nitrogen functional groups attached to an aromatic ring is 1. The van der Waals surface area contributed by atoms with Crippen molar-refractivity contribution < 1.29 is 4.52 Å². The molecule has 12 heavy (non-hydrogen) atoms. The number of nitrogens with two attached hydrogens (primary N) is 1. The number of likely N-dealkylation sites (tertiary alicyclic amines) is 1. The smallest absolute Gasteiger partial charge is 0.225 e. The molecule has 66 valence electrons. The lowest BCUT2D eigenvalue weighted by atomic mass is 10.0. The SMILES string of the molecule is CN1CCC(c2cnoc2N)C1.